The number of aliphatic hydroxyl groups is 1. The van der Waals surface area contributed by atoms with E-state index < -0.39 is 48.0 Å². The first-order valence-electron chi connectivity index (χ1n) is 20.3. The summed E-state index contributed by atoms with van der Waals surface area (Å²) < 4.78 is 36.0. The second-order valence-electron chi connectivity index (χ2n) is 14.5. The highest BCUT2D eigenvalue weighted by Gasteiger charge is 2.48. The van der Waals surface area contributed by atoms with Gasteiger partial charge in [0, 0.05) is 25.2 Å². The summed E-state index contributed by atoms with van der Waals surface area (Å²) in [4.78, 5) is 51.3. The van der Waals surface area contributed by atoms with Crippen LogP contribution in [0.5, 0.6) is 11.5 Å². The fourth-order valence-corrected chi connectivity index (χ4v) is 7.35. The van der Waals surface area contributed by atoms with E-state index in [-0.39, 0.29) is 18.5 Å². The van der Waals surface area contributed by atoms with E-state index in [0.717, 1.165) is 79.0 Å². The van der Waals surface area contributed by atoms with Crippen molar-refractivity contribution in [2.24, 2.45) is 0 Å². The topological polar surface area (TPSA) is 177 Å². The molecule has 4 atom stereocenters. The number of nitrogens with one attached hydrogen (secondary N) is 2. The third kappa shape index (κ3) is 12.1. The number of aliphatic hydroxyl groups excluding tert-OH is 1. The number of nitrogens with zero attached hydrogens (tertiary/aromatic N) is 1. The Bertz CT molecular complexity index is 1950. The number of methoxy groups -OCH3 is 3. The van der Waals surface area contributed by atoms with Crippen LogP contribution in [0.15, 0.2) is 101 Å². The minimum atomic E-state index is -1.35. The van der Waals surface area contributed by atoms with Gasteiger partial charge in [-0.15, -0.1) is 0 Å². The van der Waals surface area contributed by atoms with Crippen LogP contribution in [-0.4, -0.2) is 85.9 Å². The van der Waals surface area contributed by atoms with Crippen LogP contribution in [0.4, 0.5) is 0 Å². The largest absolute Gasteiger partial charge is 0.497 e. The highest BCUT2D eigenvalue weighted by Crippen LogP contribution is 2.43. The van der Waals surface area contributed by atoms with E-state index in [1.54, 1.807) is 14.2 Å². The molecule has 59 heavy (non-hydrogen) atoms. The fourth-order valence-electron chi connectivity index (χ4n) is 7.35. The molecule has 3 aromatic carbocycles. The first kappa shape index (κ1) is 44.8. The maximum Gasteiger partial charge on any atom is 0.330 e. The Hall–Kier alpha value is -5.28. The van der Waals surface area contributed by atoms with Gasteiger partial charge < -0.3 is 38.8 Å². The van der Waals surface area contributed by atoms with Crippen LogP contribution in [-0.2, 0) is 34.1 Å². The number of H-pyrrole nitrogens is 1. The molecule has 0 saturated carbocycles. The second kappa shape index (κ2) is 22.8. The molecule has 0 bridgehead atoms. The number of aromatic nitrogens is 2. The minimum Gasteiger partial charge on any atom is -0.497 e. The molecule has 2 heterocycles. The van der Waals surface area contributed by atoms with Crippen molar-refractivity contribution in [2.45, 2.75) is 94.3 Å². The lowest BCUT2D eigenvalue weighted by molar-refractivity contribution is -0.140. The Labute approximate surface area is 344 Å². The molecule has 3 N–H and O–H groups in total. The SMILES string of the molecule is COC(=O)CCCCCCCCCCCNC(=O)COC1C(O)[C@@H](COC(c2ccccc2)(c2ccc(OC)cc2)c2ccc(OC)cc2)O[C@H]1n1ccc(=O)[nH]c1=O. The number of unbranched alkanes of at least 4 members (excludes halogenated alkanes) is 8. The molecule has 14 heteroatoms. The van der Waals surface area contributed by atoms with E-state index in [1.165, 1.54) is 19.4 Å². The quantitative estimate of drug-likeness (QED) is 0.0469. The summed E-state index contributed by atoms with van der Waals surface area (Å²) in [5, 5.41) is 14.7. The molecule has 0 aliphatic carbocycles. The zero-order valence-corrected chi connectivity index (χ0v) is 34.1. The third-order valence-corrected chi connectivity index (χ3v) is 10.6. The van der Waals surface area contributed by atoms with E-state index in [9.17, 15) is 24.3 Å². The molecule has 4 aromatic rings. The maximum atomic E-state index is 13.0. The molecule has 1 aliphatic rings. The van der Waals surface area contributed by atoms with Crippen molar-refractivity contribution in [3.8, 4) is 11.5 Å². The predicted molar refractivity (Wildman–Crippen MR) is 220 cm³/mol. The third-order valence-electron chi connectivity index (χ3n) is 10.6. The molecule has 1 aliphatic heterocycles. The van der Waals surface area contributed by atoms with Crippen molar-refractivity contribution >= 4 is 11.9 Å². The lowest BCUT2D eigenvalue weighted by Crippen LogP contribution is -2.42. The van der Waals surface area contributed by atoms with Crippen molar-refractivity contribution in [2.75, 3.05) is 41.1 Å². The molecule has 1 aromatic heterocycles. The standard InChI is InChI=1S/C45H57N3O11/c1-54-35-23-19-33(20-24-35)45(32-16-12-11-13-17-32,34-21-25-36(55-2)26-22-34)58-30-37-41(52)42(43(59-37)48-29-27-38(49)47-44(48)53)57-31-39(50)46-28-15-10-8-6-4-5-7-9-14-18-40(51)56-3/h11-13,16-17,19-27,29,37,41-43,52H,4-10,14-15,18,28,30-31H2,1-3H3,(H,46,50)(H,47,49,53)/t37-,41?,42?,43-/m1/s1. The second-order valence-corrected chi connectivity index (χ2v) is 14.5. The molecule has 0 radical (unpaired) electrons. The van der Waals surface area contributed by atoms with Gasteiger partial charge in [-0.25, -0.2) is 4.79 Å². The molecule has 14 nitrogen and oxygen atoms in total. The predicted octanol–water partition coefficient (Wildman–Crippen LogP) is 5.40. The van der Waals surface area contributed by atoms with Crippen LogP contribution < -0.4 is 26.0 Å². The summed E-state index contributed by atoms with van der Waals surface area (Å²) in [7, 11) is 4.60. The fraction of sp³-hybridized carbons (Fsp3) is 0.467. The van der Waals surface area contributed by atoms with Crippen LogP contribution in [0.3, 0.4) is 0 Å². The Kier molecular flexibility index (Phi) is 17.3. The Morgan fingerprint density at radius 1 is 0.763 bits per heavy atom. The first-order valence-corrected chi connectivity index (χ1v) is 20.3. The summed E-state index contributed by atoms with van der Waals surface area (Å²) in [6.07, 6.45) is 6.16. The van der Waals surface area contributed by atoms with E-state index >= 15 is 0 Å². The van der Waals surface area contributed by atoms with E-state index in [2.05, 4.69) is 15.0 Å². The number of carbonyl (C=O) groups is 2. The van der Waals surface area contributed by atoms with Crippen LogP contribution in [0.2, 0.25) is 0 Å². The molecular formula is C45H57N3O11. The van der Waals surface area contributed by atoms with Crippen LogP contribution in [0.25, 0.3) is 0 Å². The number of carbonyl (C=O) groups excluding carboxylic acids is 2. The van der Waals surface area contributed by atoms with Crippen LogP contribution >= 0.6 is 0 Å². The Morgan fingerprint density at radius 3 is 1.88 bits per heavy atom. The number of amides is 1. The van der Waals surface area contributed by atoms with Gasteiger partial charge in [0.2, 0.25) is 5.91 Å². The molecule has 318 valence electrons. The van der Waals surface area contributed by atoms with E-state index in [0.29, 0.717) is 24.5 Å². The molecule has 1 saturated heterocycles. The lowest BCUT2D eigenvalue weighted by atomic mass is 9.80. The first-order chi connectivity index (χ1) is 28.7. The Morgan fingerprint density at radius 2 is 1.32 bits per heavy atom. The molecule has 1 fully saturated rings. The zero-order valence-electron chi connectivity index (χ0n) is 34.1. The van der Waals surface area contributed by atoms with Gasteiger partial charge in [0.1, 0.15) is 42.0 Å². The summed E-state index contributed by atoms with van der Waals surface area (Å²) in [5.74, 6) is 0.782. The van der Waals surface area contributed by atoms with Gasteiger partial charge in [-0.05, 0) is 53.8 Å². The van der Waals surface area contributed by atoms with Gasteiger partial charge in [-0.2, -0.15) is 0 Å². The smallest absolute Gasteiger partial charge is 0.330 e. The van der Waals surface area contributed by atoms with Gasteiger partial charge in [-0.3, -0.25) is 23.9 Å². The monoisotopic (exact) mass is 815 g/mol. The summed E-state index contributed by atoms with van der Waals surface area (Å²) in [6, 6.07) is 25.8. The van der Waals surface area contributed by atoms with Gasteiger partial charge in [0.25, 0.3) is 5.56 Å². The van der Waals surface area contributed by atoms with Crippen molar-refractivity contribution in [3.05, 3.63) is 129 Å². The average molecular weight is 816 g/mol. The normalized spacial score (nSPS) is 17.7. The van der Waals surface area contributed by atoms with Gasteiger partial charge in [0.05, 0.1) is 27.9 Å². The van der Waals surface area contributed by atoms with Crippen molar-refractivity contribution in [3.63, 3.8) is 0 Å². The van der Waals surface area contributed by atoms with E-state index in [4.69, 9.17) is 23.7 Å². The van der Waals surface area contributed by atoms with Gasteiger partial charge >= 0.3 is 11.7 Å². The molecule has 2 unspecified atom stereocenters. The summed E-state index contributed by atoms with van der Waals surface area (Å²) in [5.41, 5.74) is -0.250. The average Bonchev–Trinajstić information content (AvgIpc) is 3.57. The minimum absolute atomic E-state index is 0.158. The number of ether oxygens (including phenoxy) is 6. The van der Waals surface area contributed by atoms with E-state index in [1.807, 2.05) is 78.9 Å². The molecular weight excluding hydrogens is 759 g/mol. The van der Waals surface area contributed by atoms with Crippen molar-refractivity contribution < 1.29 is 43.1 Å². The zero-order chi connectivity index (χ0) is 42.0. The van der Waals surface area contributed by atoms with Crippen LogP contribution in [0.1, 0.15) is 87.1 Å². The number of rotatable bonds is 24. The van der Waals surface area contributed by atoms with Crippen molar-refractivity contribution in [1.82, 2.24) is 14.9 Å². The number of hydrogen-bond acceptors (Lipinski definition) is 11. The summed E-state index contributed by atoms with van der Waals surface area (Å²) >= 11 is 0. The lowest BCUT2D eigenvalue weighted by Gasteiger charge is -2.37. The van der Waals surface area contributed by atoms with Crippen LogP contribution in [0, 0.1) is 0 Å². The van der Waals surface area contributed by atoms with Gasteiger partial charge in [0.15, 0.2) is 6.23 Å². The number of hydrogen-bond donors (Lipinski definition) is 3. The highest BCUT2D eigenvalue weighted by atomic mass is 16.6. The molecule has 5 rings (SSSR count). The highest BCUT2D eigenvalue weighted by molar-refractivity contribution is 5.77. The molecule has 0 spiro atoms. The van der Waals surface area contributed by atoms with Crippen molar-refractivity contribution in [1.29, 1.82) is 0 Å². The Balaban J connectivity index is 1.25. The number of benzene rings is 3. The number of esters is 1. The number of aromatic amines is 1. The van der Waals surface area contributed by atoms with Gasteiger partial charge in [-0.1, -0.05) is 99.5 Å². The summed E-state index contributed by atoms with van der Waals surface area (Å²) in [6.45, 7) is -0.101. The maximum absolute atomic E-state index is 13.0. The molecule has 1 amide bonds.